The number of benzene rings is 2. The molecule has 0 spiro atoms. The maximum absolute atomic E-state index is 12.6. The van der Waals surface area contributed by atoms with Crippen molar-refractivity contribution in [1.29, 1.82) is 0 Å². The topological polar surface area (TPSA) is 104 Å². The zero-order valence-electron chi connectivity index (χ0n) is 12.8. The van der Waals surface area contributed by atoms with Crippen molar-refractivity contribution < 1.29 is 9.59 Å². The second kappa shape index (κ2) is 6.69. The van der Waals surface area contributed by atoms with E-state index in [9.17, 15) is 9.59 Å². The lowest BCUT2D eigenvalue weighted by Gasteiger charge is -2.20. The number of para-hydroxylation sites is 2. The van der Waals surface area contributed by atoms with Gasteiger partial charge in [0.15, 0.2) is 0 Å². The molecule has 24 heavy (non-hydrogen) atoms. The summed E-state index contributed by atoms with van der Waals surface area (Å²) in [6, 6.07) is 15.1. The monoisotopic (exact) mass is 322 g/mol. The summed E-state index contributed by atoms with van der Waals surface area (Å²) in [4.78, 5) is 25.6. The molecule has 2 N–H and O–H groups in total. The van der Waals surface area contributed by atoms with Gasteiger partial charge in [0.25, 0.3) is 0 Å². The standard InChI is InChI=1S/C16H14N6O2/c1-11(23)22(12-7-3-2-4-8-12)16(24)17-14-10-6-5-9-13(14)15-18-20-21-19-15/h2-10H,1H3,(H,17,24)(H,18,19,20,21). The summed E-state index contributed by atoms with van der Waals surface area (Å²) < 4.78 is 0. The first-order chi connectivity index (χ1) is 11.7. The Hall–Kier alpha value is -3.55. The quantitative estimate of drug-likeness (QED) is 0.771. The van der Waals surface area contributed by atoms with Crippen molar-refractivity contribution in [1.82, 2.24) is 20.6 Å². The van der Waals surface area contributed by atoms with Gasteiger partial charge in [0.1, 0.15) is 0 Å². The van der Waals surface area contributed by atoms with Crippen LogP contribution in [0.25, 0.3) is 11.4 Å². The molecule has 0 atom stereocenters. The van der Waals surface area contributed by atoms with Crippen LogP contribution in [-0.2, 0) is 4.79 Å². The number of hydrogen-bond donors (Lipinski definition) is 2. The third-order valence-electron chi connectivity index (χ3n) is 3.29. The lowest BCUT2D eigenvalue weighted by Crippen LogP contribution is -2.38. The molecule has 3 amide bonds. The van der Waals surface area contributed by atoms with Crippen LogP contribution in [0.3, 0.4) is 0 Å². The van der Waals surface area contributed by atoms with E-state index in [4.69, 9.17) is 0 Å². The fourth-order valence-electron chi connectivity index (χ4n) is 2.25. The van der Waals surface area contributed by atoms with Crippen LogP contribution in [0.1, 0.15) is 6.92 Å². The van der Waals surface area contributed by atoms with Crippen molar-refractivity contribution in [2.45, 2.75) is 6.92 Å². The molecule has 8 nitrogen and oxygen atoms in total. The minimum Gasteiger partial charge on any atom is -0.306 e. The lowest BCUT2D eigenvalue weighted by atomic mass is 10.1. The Labute approximate surface area is 137 Å². The molecule has 0 fully saturated rings. The number of urea groups is 1. The van der Waals surface area contributed by atoms with Crippen molar-refractivity contribution in [2.75, 3.05) is 10.2 Å². The Balaban J connectivity index is 1.91. The van der Waals surface area contributed by atoms with Gasteiger partial charge < -0.3 is 5.32 Å². The second-order valence-corrected chi connectivity index (χ2v) is 4.90. The summed E-state index contributed by atoms with van der Waals surface area (Å²) in [5, 5.41) is 16.4. The van der Waals surface area contributed by atoms with E-state index in [0.717, 1.165) is 4.90 Å². The number of amides is 3. The molecule has 0 aliphatic rings. The summed E-state index contributed by atoms with van der Waals surface area (Å²) in [6.07, 6.45) is 0. The number of carbonyl (C=O) groups excluding carboxylic acids is 2. The van der Waals surface area contributed by atoms with Crippen molar-refractivity contribution in [3.05, 3.63) is 54.6 Å². The Bertz CT molecular complexity index is 848. The van der Waals surface area contributed by atoms with Crippen molar-refractivity contribution in [3.8, 4) is 11.4 Å². The summed E-state index contributed by atoms with van der Waals surface area (Å²) in [5.41, 5.74) is 1.56. The molecule has 0 saturated carbocycles. The van der Waals surface area contributed by atoms with Crippen LogP contribution < -0.4 is 10.2 Å². The molecule has 0 bridgehead atoms. The van der Waals surface area contributed by atoms with Gasteiger partial charge in [-0.15, -0.1) is 10.2 Å². The number of carbonyl (C=O) groups is 2. The number of aromatic amines is 1. The van der Waals surface area contributed by atoms with Gasteiger partial charge in [-0.1, -0.05) is 30.3 Å². The molecule has 3 rings (SSSR count). The van der Waals surface area contributed by atoms with Crippen LogP contribution in [0.4, 0.5) is 16.2 Å². The molecule has 1 heterocycles. The number of anilines is 2. The molecule has 0 aliphatic carbocycles. The van der Waals surface area contributed by atoms with E-state index in [-0.39, 0.29) is 0 Å². The number of rotatable bonds is 3. The fraction of sp³-hybridized carbons (Fsp3) is 0.0625. The van der Waals surface area contributed by atoms with Gasteiger partial charge in [0.05, 0.1) is 11.4 Å². The van der Waals surface area contributed by atoms with Gasteiger partial charge in [0.2, 0.25) is 11.7 Å². The van der Waals surface area contributed by atoms with E-state index in [2.05, 4.69) is 25.9 Å². The number of nitrogens with one attached hydrogen (secondary N) is 2. The summed E-state index contributed by atoms with van der Waals surface area (Å²) >= 11 is 0. The third kappa shape index (κ3) is 3.12. The molecule has 8 heteroatoms. The van der Waals surface area contributed by atoms with Gasteiger partial charge in [0, 0.05) is 12.5 Å². The molecule has 120 valence electrons. The molecule has 3 aromatic rings. The molecule has 0 aliphatic heterocycles. The second-order valence-electron chi connectivity index (χ2n) is 4.90. The van der Waals surface area contributed by atoms with E-state index in [1.807, 2.05) is 6.07 Å². The molecule has 1 aromatic heterocycles. The summed E-state index contributed by atoms with van der Waals surface area (Å²) in [6.45, 7) is 1.33. The van der Waals surface area contributed by atoms with E-state index >= 15 is 0 Å². The van der Waals surface area contributed by atoms with Gasteiger partial charge in [-0.2, -0.15) is 5.21 Å². The Morgan fingerprint density at radius 1 is 1.04 bits per heavy atom. The minimum absolute atomic E-state index is 0.347. The number of hydrogen-bond acceptors (Lipinski definition) is 5. The molecular formula is C16H14N6O2. The third-order valence-corrected chi connectivity index (χ3v) is 3.29. The number of H-pyrrole nitrogens is 1. The van der Waals surface area contributed by atoms with Crippen molar-refractivity contribution >= 4 is 23.3 Å². The number of imide groups is 1. The normalized spacial score (nSPS) is 10.2. The predicted octanol–water partition coefficient (Wildman–Crippen LogP) is 2.45. The zero-order chi connectivity index (χ0) is 16.9. The van der Waals surface area contributed by atoms with Crippen molar-refractivity contribution in [3.63, 3.8) is 0 Å². The summed E-state index contributed by atoms with van der Waals surface area (Å²) in [5.74, 6) is -0.0456. The highest BCUT2D eigenvalue weighted by atomic mass is 16.2. The Kier molecular flexibility index (Phi) is 4.28. The molecular weight excluding hydrogens is 308 g/mol. The number of aromatic nitrogens is 4. The van der Waals surface area contributed by atoms with E-state index in [1.54, 1.807) is 48.5 Å². The number of nitrogens with zero attached hydrogens (tertiary/aromatic N) is 4. The first-order valence-corrected chi connectivity index (χ1v) is 7.16. The van der Waals surface area contributed by atoms with Crippen LogP contribution in [0, 0.1) is 0 Å². The molecule has 0 unspecified atom stereocenters. The average Bonchev–Trinajstić information content (AvgIpc) is 3.10. The average molecular weight is 322 g/mol. The van der Waals surface area contributed by atoms with Crippen LogP contribution in [0.2, 0.25) is 0 Å². The van der Waals surface area contributed by atoms with Crippen LogP contribution in [0.5, 0.6) is 0 Å². The zero-order valence-corrected chi connectivity index (χ0v) is 12.8. The lowest BCUT2D eigenvalue weighted by molar-refractivity contribution is -0.115. The van der Waals surface area contributed by atoms with Gasteiger partial charge in [-0.25, -0.2) is 9.69 Å². The highest BCUT2D eigenvalue weighted by Gasteiger charge is 2.21. The maximum atomic E-state index is 12.6. The van der Waals surface area contributed by atoms with Crippen LogP contribution >= 0.6 is 0 Å². The highest BCUT2D eigenvalue weighted by molar-refractivity contribution is 6.18. The highest BCUT2D eigenvalue weighted by Crippen LogP contribution is 2.25. The van der Waals surface area contributed by atoms with E-state index in [0.29, 0.717) is 22.8 Å². The van der Waals surface area contributed by atoms with Gasteiger partial charge >= 0.3 is 6.03 Å². The fourth-order valence-corrected chi connectivity index (χ4v) is 2.25. The molecule has 0 saturated heterocycles. The molecule has 2 aromatic carbocycles. The predicted molar refractivity (Wildman–Crippen MR) is 88.2 cm³/mol. The first kappa shape index (κ1) is 15.3. The van der Waals surface area contributed by atoms with E-state index in [1.165, 1.54) is 6.92 Å². The Morgan fingerprint density at radius 3 is 2.42 bits per heavy atom. The Morgan fingerprint density at radius 2 is 1.75 bits per heavy atom. The largest absolute Gasteiger partial charge is 0.333 e. The number of tetrazole rings is 1. The van der Waals surface area contributed by atoms with Gasteiger partial charge in [-0.3, -0.25) is 4.79 Å². The maximum Gasteiger partial charge on any atom is 0.333 e. The minimum atomic E-state index is -0.565. The SMILES string of the molecule is CC(=O)N(C(=O)Nc1ccccc1-c1nn[nH]n1)c1ccccc1. The molecule has 0 radical (unpaired) electrons. The van der Waals surface area contributed by atoms with Crippen molar-refractivity contribution in [2.24, 2.45) is 0 Å². The van der Waals surface area contributed by atoms with Gasteiger partial charge in [-0.05, 0) is 29.5 Å². The summed E-state index contributed by atoms with van der Waals surface area (Å²) in [7, 11) is 0. The van der Waals surface area contributed by atoms with Crippen LogP contribution in [0.15, 0.2) is 54.6 Å². The first-order valence-electron chi connectivity index (χ1n) is 7.16. The van der Waals surface area contributed by atoms with E-state index < -0.39 is 11.9 Å². The smallest absolute Gasteiger partial charge is 0.306 e. The van der Waals surface area contributed by atoms with Crippen LogP contribution in [-0.4, -0.2) is 32.6 Å².